The third kappa shape index (κ3) is 27.2. The Morgan fingerprint density at radius 2 is 0.915 bits per heavy atom. The predicted molar refractivity (Wildman–Crippen MR) is 454 cm³/mol. The smallest absolute Gasteiger partial charge is 0.273 e. The maximum atomic E-state index is 14.4. The molecule has 42 nitrogen and oxygen atoms in total. The molecule has 0 aromatic carbocycles. The van der Waals surface area contributed by atoms with E-state index in [-0.39, 0.29) is 145 Å². The number of aliphatic hydroxyl groups is 10. The first-order valence-corrected chi connectivity index (χ1v) is 47.6. The van der Waals surface area contributed by atoms with E-state index in [1.165, 1.54) is 35.6 Å². The summed E-state index contributed by atoms with van der Waals surface area (Å²) >= 11 is 0. The van der Waals surface area contributed by atoms with Crippen molar-refractivity contribution in [1.29, 1.82) is 0 Å². The van der Waals surface area contributed by atoms with Gasteiger partial charge in [-0.3, -0.25) is 33.6 Å². The Kier molecular flexibility index (Phi) is 39.6. The van der Waals surface area contributed by atoms with Crippen molar-refractivity contribution in [3.8, 4) is 0 Å². The van der Waals surface area contributed by atoms with Gasteiger partial charge in [0.25, 0.3) is 23.6 Å². The number of hydrogen-bond donors (Lipinski definition) is 14. The van der Waals surface area contributed by atoms with Gasteiger partial charge in [0.2, 0.25) is 11.8 Å². The van der Waals surface area contributed by atoms with Crippen LogP contribution in [0, 0.1) is 41.4 Å². The van der Waals surface area contributed by atoms with Crippen molar-refractivity contribution in [3.63, 3.8) is 0 Å². The number of hydrogen-bond acceptors (Lipinski definition) is 34. The van der Waals surface area contributed by atoms with Crippen molar-refractivity contribution in [2.24, 2.45) is 41.4 Å². The highest BCUT2D eigenvalue weighted by Crippen LogP contribution is 2.44. The number of likely N-dealkylation sites (tertiary alicyclic amines) is 2. The summed E-state index contributed by atoms with van der Waals surface area (Å²) in [4.78, 5) is 99.9. The minimum atomic E-state index is -1.69. The Hall–Kier alpha value is -6.15. The van der Waals surface area contributed by atoms with Gasteiger partial charge < -0.3 is 144 Å². The zero-order valence-electron chi connectivity index (χ0n) is 75.9. The van der Waals surface area contributed by atoms with Crippen molar-refractivity contribution in [3.05, 3.63) is 23.8 Å². The fraction of sp³-hybridized carbons (Fsp3) is 0.875. The molecule has 736 valence electrons. The molecule has 6 saturated heterocycles. The number of aliphatic hydroxyl groups excluding tert-OH is 10. The Balaban J connectivity index is 0.545. The van der Waals surface area contributed by atoms with Gasteiger partial charge in [-0.2, -0.15) is 0 Å². The molecule has 8 heterocycles. The zero-order chi connectivity index (χ0) is 92.8. The number of ether oxygens (including phenoxy) is 13. The molecule has 4 saturated carbocycles. The van der Waals surface area contributed by atoms with Crippen molar-refractivity contribution < 1.29 is 146 Å². The van der Waals surface area contributed by atoms with E-state index in [9.17, 15) is 84.6 Å². The number of aromatic nitrogens is 6. The first-order chi connectivity index (χ1) is 62.6. The second-order valence-corrected chi connectivity index (χ2v) is 37.1. The highest BCUT2D eigenvalue weighted by atomic mass is 16.7. The SMILES string of the molecule is CC[C@H]1C[C@@H](C(=O)NCCNC(=O)c2cn(CCOCCOCCOCCn3cc(C(=O)NCCCC(=O)[C@@H]4C[C@H](CC)[C@@H](O[C@@H]5O[C@@H](C)[C@@H](O)[C@@H](O)[C@@H]5O)[C@H](O[C@@H]5O[C@H](CO)[C@H](O)[C@H](O[C@@H](CC6CCCCC6)C(=O)N6CCC6)[C@H]5NC(C)=O)C4)nn3)nn2)C[C@@H](OC2O[C@H](CO)[C@H](O)[C@H](O[C@@H](CC3CCCCC3)C(=O)N3CCC3)[C@H]2C)[C@@H]1OC1O[C@@H](C)[C@@H](O)[C@@H](O)[C@@H]1O. The quantitative estimate of drug-likeness (QED) is 0.0347. The van der Waals surface area contributed by atoms with Crippen molar-refractivity contribution in [2.75, 3.05) is 98.7 Å². The largest absolute Gasteiger partial charge is 0.394 e. The molecule has 10 fully saturated rings. The van der Waals surface area contributed by atoms with E-state index >= 15 is 0 Å². The Bertz CT molecular complexity index is 3840. The van der Waals surface area contributed by atoms with Crippen LogP contribution in [0.25, 0.3) is 0 Å². The molecule has 6 aliphatic heterocycles. The minimum Gasteiger partial charge on any atom is -0.394 e. The van der Waals surface area contributed by atoms with E-state index in [2.05, 4.69) is 41.9 Å². The molecule has 0 radical (unpaired) electrons. The minimum absolute atomic E-state index is 0.0156. The van der Waals surface area contributed by atoms with E-state index < -0.39 is 214 Å². The van der Waals surface area contributed by atoms with Crippen LogP contribution in [0.3, 0.4) is 0 Å². The molecule has 2 aromatic heterocycles. The summed E-state index contributed by atoms with van der Waals surface area (Å²) < 4.78 is 84.7. The highest BCUT2D eigenvalue weighted by Gasteiger charge is 2.56. The van der Waals surface area contributed by atoms with E-state index in [1.54, 1.807) is 23.6 Å². The van der Waals surface area contributed by atoms with E-state index in [4.69, 9.17) is 61.6 Å². The Labute approximate surface area is 758 Å². The van der Waals surface area contributed by atoms with Crippen LogP contribution in [0.4, 0.5) is 0 Å². The fourth-order valence-corrected chi connectivity index (χ4v) is 19.7. The van der Waals surface area contributed by atoms with Gasteiger partial charge in [-0.15, -0.1) is 10.2 Å². The molecule has 30 atom stereocenters. The molecule has 12 rings (SSSR count). The van der Waals surface area contributed by atoms with Crippen molar-refractivity contribution in [2.45, 2.75) is 349 Å². The lowest BCUT2D eigenvalue weighted by Gasteiger charge is -2.49. The van der Waals surface area contributed by atoms with Crippen LogP contribution in [-0.2, 0) is 98.6 Å². The fourth-order valence-electron chi connectivity index (χ4n) is 19.7. The number of carbonyl (C=O) groups excluding carboxylic acids is 7. The predicted octanol–water partition coefficient (Wildman–Crippen LogP) is -1.18. The monoisotopic (exact) mass is 1850 g/mol. The molecular weight excluding hydrogens is 1710 g/mol. The van der Waals surface area contributed by atoms with E-state index in [0.717, 1.165) is 77.0 Å². The number of amides is 6. The van der Waals surface area contributed by atoms with E-state index in [0.29, 0.717) is 64.7 Å². The van der Waals surface area contributed by atoms with E-state index in [1.807, 2.05) is 13.8 Å². The number of Topliss-reactive ketones (excluding diaryl/α,β-unsaturated/α-hetero) is 1. The highest BCUT2D eigenvalue weighted by molar-refractivity contribution is 5.92. The summed E-state index contributed by atoms with van der Waals surface area (Å²) in [6.45, 7) is 13.1. The van der Waals surface area contributed by atoms with Crippen LogP contribution in [0.15, 0.2) is 12.4 Å². The van der Waals surface area contributed by atoms with Crippen LogP contribution in [0.5, 0.6) is 0 Å². The first-order valence-electron chi connectivity index (χ1n) is 47.6. The van der Waals surface area contributed by atoms with Crippen LogP contribution in [0.1, 0.15) is 204 Å². The van der Waals surface area contributed by atoms with Crippen LogP contribution in [-0.4, -0.2) is 384 Å². The van der Waals surface area contributed by atoms with Gasteiger partial charge in [0.1, 0.15) is 91.2 Å². The van der Waals surface area contributed by atoms with Gasteiger partial charge in [-0.05, 0) is 95.3 Å². The Morgan fingerprint density at radius 1 is 0.477 bits per heavy atom. The van der Waals surface area contributed by atoms with Crippen LogP contribution >= 0.6 is 0 Å². The molecule has 2 aromatic rings. The standard InChI is InChI=1S/C88H144N12O30/c1-7-54-40-56(42-61(77(54)129-87-74(111)72(109)68(105)49(4)121-87)126-86-67(92-51(6)103)79(71(108)66(47-102)128-86)124-64(84(117)98-28-17-29-98)39-53-20-13-10-14-21-53)60(104)22-15-23-89-81(114)58-44-99(95-93-58)30-32-118-34-36-120-37-35-119-33-31-100-45-59(94-96-100)82(115)91-25-24-90-80(113)57-41-55(8-2)78(130-88-75(112)73(110)69(106)50(5)122-88)62(43-57)125-85-48(3)76(70(107)65(46-101)127-85)123-63(83(116)97-26-16-27-97)38-52-18-11-9-12-19-52/h44-45,48-50,52-57,61-79,85-88,101-102,105-112H,7-43,46-47H2,1-6H3,(H,89,114)(H,90,113)(H,91,115)(H,92,103)/t48-,49+,50+,54+,55+,56-,57-,61-,62-,63+,64+,65-,66-,67-,68-,69-,70+,71+,72-,73-,74+,75+,76-,77-,78-,79-,85?,86-,87+,88?/m1/s1. The van der Waals surface area contributed by atoms with Gasteiger partial charge in [0, 0.05) is 76.9 Å². The number of nitrogens with one attached hydrogen (secondary N) is 4. The number of carbonyl (C=O) groups is 7. The summed E-state index contributed by atoms with van der Waals surface area (Å²) in [6, 6.07) is -1.26. The van der Waals surface area contributed by atoms with Gasteiger partial charge in [-0.1, -0.05) is 108 Å². The summed E-state index contributed by atoms with van der Waals surface area (Å²) in [7, 11) is 0. The zero-order valence-corrected chi connectivity index (χ0v) is 75.9. The van der Waals surface area contributed by atoms with Crippen molar-refractivity contribution >= 4 is 41.2 Å². The second-order valence-electron chi connectivity index (χ2n) is 37.1. The first kappa shape index (κ1) is 103. The summed E-state index contributed by atoms with van der Waals surface area (Å²) in [5, 5.41) is 138. The lowest BCUT2D eigenvalue weighted by atomic mass is 9.74. The maximum absolute atomic E-state index is 14.4. The molecular formula is C88H144N12O30. The summed E-state index contributed by atoms with van der Waals surface area (Å²) in [5.41, 5.74) is 0.0843. The number of rotatable bonds is 46. The molecule has 4 aliphatic carbocycles. The molecule has 10 aliphatic rings. The topological polar surface area (TPSA) is 558 Å². The van der Waals surface area contributed by atoms with Crippen LogP contribution in [0.2, 0.25) is 0 Å². The maximum Gasteiger partial charge on any atom is 0.273 e. The lowest BCUT2D eigenvalue weighted by molar-refractivity contribution is -0.343. The van der Waals surface area contributed by atoms with Gasteiger partial charge in [0.15, 0.2) is 36.5 Å². The molecule has 130 heavy (non-hydrogen) atoms. The number of ketones is 1. The van der Waals surface area contributed by atoms with Crippen molar-refractivity contribution in [1.82, 2.24) is 61.1 Å². The molecule has 0 bridgehead atoms. The molecule has 6 amide bonds. The lowest BCUT2D eigenvalue weighted by Crippen LogP contribution is -2.67. The van der Waals surface area contributed by atoms with Gasteiger partial charge in [-0.25, -0.2) is 9.36 Å². The van der Waals surface area contributed by atoms with Gasteiger partial charge in [0.05, 0.1) is 121 Å². The second kappa shape index (κ2) is 50.1. The third-order valence-electron chi connectivity index (χ3n) is 27.8. The van der Waals surface area contributed by atoms with Gasteiger partial charge >= 0.3 is 0 Å². The number of nitrogens with zero attached hydrogens (tertiary/aromatic N) is 8. The van der Waals surface area contributed by atoms with Crippen LogP contribution < -0.4 is 21.3 Å². The molecule has 0 spiro atoms. The average molecular weight is 1850 g/mol. The normalized spacial score (nSPS) is 35.1. The molecule has 42 heteroatoms. The third-order valence-corrected chi connectivity index (χ3v) is 27.8. The summed E-state index contributed by atoms with van der Waals surface area (Å²) in [6.07, 6.45) is -12.6. The Morgan fingerprint density at radius 3 is 1.38 bits per heavy atom. The molecule has 14 N–H and O–H groups in total. The average Bonchev–Trinajstić information content (AvgIpc) is 0.883. The molecule has 2 unspecified atom stereocenters. The summed E-state index contributed by atoms with van der Waals surface area (Å²) in [5.74, 6) is -4.88.